The lowest BCUT2D eigenvalue weighted by Crippen LogP contribution is -2.29. The van der Waals surface area contributed by atoms with E-state index < -0.39 is 0 Å². The first-order chi connectivity index (χ1) is 15.6. The third kappa shape index (κ3) is 4.88. The fourth-order valence-corrected chi connectivity index (χ4v) is 5.62. The van der Waals surface area contributed by atoms with Crippen LogP contribution in [-0.4, -0.2) is 31.4 Å². The van der Waals surface area contributed by atoms with Gasteiger partial charge in [0.2, 0.25) is 0 Å². The van der Waals surface area contributed by atoms with Crippen LogP contribution in [0.2, 0.25) is 0 Å². The van der Waals surface area contributed by atoms with Gasteiger partial charge in [-0.15, -0.1) is 11.3 Å². The molecule has 0 saturated carbocycles. The maximum Gasteiger partial charge on any atom is 0.175 e. The summed E-state index contributed by atoms with van der Waals surface area (Å²) in [7, 11) is 1.62. The largest absolute Gasteiger partial charge is 0.493 e. The lowest BCUT2D eigenvalue weighted by molar-refractivity contribution is 0.249. The molecule has 0 radical (unpaired) electrons. The van der Waals surface area contributed by atoms with Crippen molar-refractivity contribution in [3.8, 4) is 17.6 Å². The molecule has 2 aromatic carbocycles. The van der Waals surface area contributed by atoms with Crippen LogP contribution in [0.5, 0.6) is 11.5 Å². The number of thiophene rings is 1. The van der Waals surface area contributed by atoms with E-state index in [9.17, 15) is 5.26 Å². The summed E-state index contributed by atoms with van der Waals surface area (Å²) >= 11 is 5.17. The van der Waals surface area contributed by atoms with Crippen LogP contribution in [0.4, 0.5) is 5.00 Å². The third-order valence-electron chi connectivity index (χ3n) is 5.35. The van der Waals surface area contributed by atoms with Crippen LogP contribution < -0.4 is 9.47 Å². The quantitative estimate of drug-likeness (QED) is 0.361. The highest BCUT2D eigenvalue weighted by atomic mass is 79.9. The molecule has 3 aromatic rings. The average molecular weight is 510 g/mol. The van der Waals surface area contributed by atoms with E-state index in [0.717, 1.165) is 46.7 Å². The van der Waals surface area contributed by atoms with Crippen LogP contribution in [0.3, 0.4) is 0 Å². The van der Waals surface area contributed by atoms with Crippen molar-refractivity contribution >= 4 is 38.5 Å². The summed E-state index contributed by atoms with van der Waals surface area (Å²) < 4.78 is 11.9. The van der Waals surface area contributed by atoms with Gasteiger partial charge in [-0.05, 0) is 58.1 Å². The highest BCUT2D eigenvalue weighted by Crippen LogP contribution is 2.39. The maximum absolute atomic E-state index is 9.81. The number of aliphatic imine (C=N–C) groups is 1. The molecule has 0 saturated heterocycles. The molecule has 0 unspecified atom stereocenters. The fraction of sp³-hybridized carbons (Fsp3) is 0.280. The van der Waals surface area contributed by atoms with Crippen molar-refractivity contribution < 1.29 is 9.47 Å². The molecule has 0 N–H and O–H groups in total. The smallest absolute Gasteiger partial charge is 0.175 e. The van der Waals surface area contributed by atoms with Crippen LogP contribution >= 0.6 is 27.3 Å². The number of hydrogen-bond acceptors (Lipinski definition) is 6. The molecule has 1 aliphatic rings. The molecule has 7 heteroatoms. The number of halogens is 1. The predicted octanol–water partition coefficient (Wildman–Crippen LogP) is 6.10. The first-order valence-electron chi connectivity index (χ1n) is 10.5. The van der Waals surface area contributed by atoms with E-state index in [2.05, 4.69) is 56.2 Å². The molecule has 0 atom stereocenters. The Balaban J connectivity index is 1.56. The number of hydrogen-bond donors (Lipinski definition) is 0. The number of fused-ring (bicyclic) bond motifs is 1. The first-order valence-corrected chi connectivity index (χ1v) is 12.1. The normalized spacial score (nSPS) is 13.7. The Hall–Kier alpha value is -2.66. The minimum absolute atomic E-state index is 0.552. The second kappa shape index (κ2) is 10.3. The Labute approximate surface area is 201 Å². The van der Waals surface area contributed by atoms with Crippen LogP contribution in [0.25, 0.3) is 0 Å². The molecule has 5 nitrogen and oxygen atoms in total. The number of nitriles is 1. The zero-order chi connectivity index (χ0) is 22.5. The van der Waals surface area contributed by atoms with E-state index in [4.69, 9.17) is 9.47 Å². The molecule has 2 heterocycles. The van der Waals surface area contributed by atoms with Crippen molar-refractivity contribution in [1.82, 2.24) is 4.90 Å². The molecule has 164 valence electrons. The maximum atomic E-state index is 9.81. The monoisotopic (exact) mass is 509 g/mol. The van der Waals surface area contributed by atoms with Crippen molar-refractivity contribution in [3.05, 3.63) is 74.1 Å². The summed E-state index contributed by atoms with van der Waals surface area (Å²) in [6, 6.07) is 16.7. The van der Waals surface area contributed by atoms with E-state index >= 15 is 0 Å². The lowest BCUT2D eigenvalue weighted by atomic mass is 10.0. The third-order valence-corrected chi connectivity index (χ3v) is 7.06. The van der Waals surface area contributed by atoms with Gasteiger partial charge in [0.15, 0.2) is 11.5 Å². The topological polar surface area (TPSA) is 57.8 Å². The van der Waals surface area contributed by atoms with E-state index in [-0.39, 0.29) is 0 Å². The van der Waals surface area contributed by atoms with E-state index in [1.165, 1.54) is 10.4 Å². The van der Waals surface area contributed by atoms with Crippen LogP contribution in [-0.2, 0) is 19.5 Å². The summed E-state index contributed by atoms with van der Waals surface area (Å²) in [5.74, 6) is 1.32. The van der Waals surface area contributed by atoms with Gasteiger partial charge in [0.25, 0.3) is 0 Å². The van der Waals surface area contributed by atoms with E-state index in [0.29, 0.717) is 23.7 Å². The van der Waals surface area contributed by atoms with Crippen molar-refractivity contribution in [1.29, 1.82) is 5.26 Å². The second-order valence-electron chi connectivity index (χ2n) is 7.47. The SMILES string of the molecule is CCOc1c(Br)cc(C=Nc2sc3c(c2C#N)CCN(Cc2ccccc2)C3)cc1OC. The molecule has 0 bridgehead atoms. The molecule has 0 spiro atoms. The standard InChI is InChI=1S/C25H24BrN3O2S/c1-3-31-24-21(26)11-18(12-22(24)30-2)14-28-25-20(13-27)19-9-10-29(16-23(19)32-25)15-17-7-5-4-6-8-17/h4-8,11-12,14H,3,9-10,15-16H2,1-2H3. The molecule has 32 heavy (non-hydrogen) atoms. The Morgan fingerprint density at radius 3 is 2.81 bits per heavy atom. The molecule has 4 rings (SSSR count). The summed E-state index contributed by atoms with van der Waals surface area (Å²) in [5, 5.41) is 10.6. The number of nitrogens with zero attached hydrogens (tertiary/aromatic N) is 3. The number of ether oxygens (including phenoxy) is 2. The molecular formula is C25H24BrN3O2S. The van der Waals surface area contributed by atoms with Gasteiger partial charge in [-0.1, -0.05) is 30.3 Å². The van der Waals surface area contributed by atoms with Crippen LogP contribution in [0, 0.1) is 11.3 Å². The second-order valence-corrected chi connectivity index (χ2v) is 9.41. The minimum Gasteiger partial charge on any atom is -0.493 e. The number of benzene rings is 2. The molecule has 1 aromatic heterocycles. The summed E-state index contributed by atoms with van der Waals surface area (Å²) in [5.41, 5.74) is 4.04. The molecular weight excluding hydrogens is 486 g/mol. The van der Waals surface area contributed by atoms with E-state index in [1.54, 1.807) is 24.7 Å². The van der Waals surface area contributed by atoms with Gasteiger partial charge in [0.1, 0.15) is 11.1 Å². The van der Waals surface area contributed by atoms with Gasteiger partial charge >= 0.3 is 0 Å². The average Bonchev–Trinajstić information content (AvgIpc) is 3.16. The van der Waals surface area contributed by atoms with Crippen molar-refractivity contribution in [2.75, 3.05) is 20.3 Å². The Kier molecular flexibility index (Phi) is 7.26. The van der Waals surface area contributed by atoms with Gasteiger partial charge in [0.05, 0.1) is 23.8 Å². The van der Waals surface area contributed by atoms with Gasteiger partial charge in [-0.2, -0.15) is 5.26 Å². The van der Waals surface area contributed by atoms with Crippen molar-refractivity contribution in [2.45, 2.75) is 26.4 Å². The Bertz CT molecular complexity index is 1170. The first kappa shape index (κ1) is 22.5. The van der Waals surface area contributed by atoms with Crippen molar-refractivity contribution in [3.63, 3.8) is 0 Å². The van der Waals surface area contributed by atoms with Gasteiger partial charge in [-0.25, -0.2) is 4.99 Å². The fourth-order valence-electron chi connectivity index (χ4n) is 3.86. The predicted molar refractivity (Wildman–Crippen MR) is 132 cm³/mol. The zero-order valence-corrected chi connectivity index (χ0v) is 20.5. The van der Waals surface area contributed by atoms with Gasteiger partial charge in [0, 0.05) is 30.7 Å². The molecule has 0 amide bonds. The molecule has 0 fully saturated rings. The van der Waals surface area contributed by atoms with Crippen LogP contribution in [0.15, 0.2) is 51.9 Å². The van der Waals surface area contributed by atoms with Gasteiger partial charge < -0.3 is 9.47 Å². The summed E-state index contributed by atoms with van der Waals surface area (Å²) in [6.07, 6.45) is 2.66. The van der Waals surface area contributed by atoms with Crippen LogP contribution in [0.1, 0.15) is 34.1 Å². The van der Waals surface area contributed by atoms with E-state index in [1.807, 2.05) is 25.1 Å². The Morgan fingerprint density at radius 1 is 1.28 bits per heavy atom. The number of methoxy groups -OCH3 is 1. The summed E-state index contributed by atoms with van der Waals surface area (Å²) in [4.78, 5) is 8.35. The highest BCUT2D eigenvalue weighted by molar-refractivity contribution is 9.10. The highest BCUT2D eigenvalue weighted by Gasteiger charge is 2.24. The molecule has 0 aliphatic carbocycles. The lowest BCUT2D eigenvalue weighted by Gasteiger charge is -2.26. The molecule has 1 aliphatic heterocycles. The number of rotatable bonds is 7. The Morgan fingerprint density at radius 2 is 2.09 bits per heavy atom. The zero-order valence-electron chi connectivity index (χ0n) is 18.1. The van der Waals surface area contributed by atoms with Gasteiger partial charge in [-0.3, -0.25) is 4.90 Å². The summed E-state index contributed by atoms with van der Waals surface area (Å²) in [6.45, 7) is 5.19. The minimum atomic E-state index is 0.552. The van der Waals surface area contributed by atoms with Crippen molar-refractivity contribution in [2.24, 2.45) is 4.99 Å².